The van der Waals surface area contributed by atoms with Crippen molar-refractivity contribution in [2.45, 2.75) is 68.0 Å². The standard InChI is InChI=1S/C28H34O14/c29-11-18-21(32)23(34)25(36)27(41-18)39-16-6-1-14(2-7-16)5-10-20(31)38-13-15-3-8-17(9-4-15)40-28-26(37)24(35)22(33)19(12-30)42-28/h1-10,18-19,21-30,32-37H,11-13H2/t18-,19-,21-,22-,23+,24+,25-,26-,27-,28-/m1/s1. The van der Waals surface area contributed by atoms with E-state index in [0.29, 0.717) is 11.1 Å². The third-order valence-electron chi connectivity index (χ3n) is 6.80. The summed E-state index contributed by atoms with van der Waals surface area (Å²) in [6.07, 6.45) is -11.3. The van der Waals surface area contributed by atoms with Gasteiger partial charge < -0.3 is 64.5 Å². The molecule has 0 saturated carbocycles. The lowest BCUT2D eigenvalue weighted by Gasteiger charge is -2.39. The van der Waals surface area contributed by atoms with Crippen molar-refractivity contribution in [3.8, 4) is 11.5 Å². The summed E-state index contributed by atoms with van der Waals surface area (Å²) in [7, 11) is 0. The Morgan fingerprint density at radius 2 is 1.12 bits per heavy atom. The molecule has 0 spiro atoms. The van der Waals surface area contributed by atoms with Crippen molar-refractivity contribution in [2.24, 2.45) is 0 Å². The van der Waals surface area contributed by atoms with Crippen LogP contribution < -0.4 is 9.47 Å². The molecule has 2 fully saturated rings. The maximum absolute atomic E-state index is 12.2. The van der Waals surface area contributed by atoms with Gasteiger partial charge in [0, 0.05) is 6.08 Å². The first kappa shape index (κ1) is 31.8. The van der Waals surface area contributed by atoms with Gasteiger partial charge in [-0.15, -0.1) is 0 Å². The summed E-state index contributed by atoms with van der Waals surface area (Å²) in [5.41, 5.74) is 1.26. The van der Waals surface area contributed by atoms with Crippen molar-refractivity contribution in [2.75, 3.05) is 13.2 Å². The number of hydrogen-bond donors (Lipinski definition) is 8. The summed E-state index contributed by atoms with van der Waals surface area (Å²) in [4.78, 5) is 12.2. The van der Waals surface area contributed by atoms with Gasteiger partial charge >= 0.3 is 5.97 Å². The Hall–Kier alpha value is -3.15. The minimum atomic E-state index is -1.56. The summed E-state index contributed by atoms with van der Waals surface area (Å²) in [5, 5.41) is 78.2. The molecular formula is C28H34O14. The minimum absolute atomic E-state index is 0.0463. The van der Waals surface area contributed by atoms with Gasteiger partial charge in [0.15, 0.2) is 0 Å². The van der Waals surface area contributed by atoms with Gasteiger partial charge in [-0.1, -0.05) is 24.3 Å². The minimum Gasteiger partial charge on any atom is -0.462 e. The number of carbonyl (C=O) groups is 1. The molecule has 14 nitrogen and oxygen atoms in total. The second-order valence-electron chi connectivity index (χ2n) is 9.78. The average molecular weight is 595 g/mol. The first-order valence-electron chi connectivity index (χ1n) is 13.1. The molecule has 2 aliphatic heterocycles. The SMILES string of the molecule is O=C(C=Cc1ccc(O[C@@H]2O[C@H](CO)[C@@H](O)[C@H](O)[C@H]2O)cc1)OCc1ccc(O[C@@H]2O[C@H](CO)[C@@H](O)[C@H](O)[C@H]2O)cc1. The number of ether oxygens (including phenoxy) is 5. The largest absolute Gasteiger partial charge is 0.462 e. The van der Waals surface area contributed by atoms with Crippen molar-refractivity contribution in [1.29, 1.82) is 0 Å². The number of rotatable bonds is 10. The molecule has 2 saturated heterocycles. The van der Waals surface area contributed by atoms with Crippen LogP contribution in [0.2, 0.25) is 0 Å². The lowest BCUT2D eigenvalue weighted by molar-refractivity contribution is -0.277. The van der Waals surface area contributed by atoms with Crippen molar-refractivity contribution >= 4 is 12.0 Å². The van der Waals surface area contributed by atoms with E-state index in [2.05, 4.69) is 0 Å². The average Bonchev–Trinajstić information content (AvgIpc) is 3.00. The fourth-order valence-electron chi connectivity index (χ4n) is 4.29. The van der Waals surface area contributed by atoms with E-state index in [4.69, 9.17) is 23.7 Å². The molecule has 0 unspecified atom stereocenters. The first-order chi connectivity index (χ1) is 20.1. The molecule has 2 heterocycles. The predicted molar refractivity (Wildman–Crippen MR) is 141 cm³/mol. The van der Waals surface area contributed by atoms with E-state index in [1.165, 1.54) is 24.3 Å². The van der Waals surface area contributed by atoms with Crippen molar-refractivity contribution in [3.63, 3.8) is 0 Å². The second-order valence-corrected chi connectivity index (χ2v) is 9.78. The van der Waals surface area contributed by atoms with Crippen LogP contribution in [-0.4, -0.2) is 121 Å². The zero-order chi connectivity index (χ0) is 30.4. The molecule has 0 aromatic heterocycles. The third kappa shape index (κ3) is 7.62. The van der Waals surface area contributed by atoms with Gasteiger partial charge in [0.25, 0.3) is 0 Å². The van der Waals surface area contributed by atoms with E-state index in [1.807, 2.05) is 0 Å². The highest BCUT2D eigenvalue weighted by Crippen LogP contribution is 2.26. The van der Waals surface area contributed by atoms with Gasteiger partial charge in [0.2, 0.25) is 12.6 Å². The number of aliphatic hydroxyl groups excluding tert-OH is 8. The molecule has 2 aliphatic rings. The van der Waals surface area contributed by atoms with E-state index in [1.54, 1.807) is 36.4 Å². The Balaban J connectivity index is 1.23. The molecule has 0 aliphatic carbocycles. The zero-order valence-corrected chi connectivity index (χ0v) is 22.2. The van der Waals surface area contributed by atoms with Gasteiger partial charge in [-0.25, -0.2) is 4.79 Å². The normalized spacial score (nSPS) is 33.3. The Kier molecular flexibility index (Phi) is 10.9. The zero-order valence-electron chi connectivity index (χ0n) is 22.2. The van der Waals surface area contributed by atoms with Crippen molar-refractivity contribution in [1.82, 2.24) is 0 Å². The van der Waals surface area contributed by atoms with Crippen LogP contribution in [0.5, 0.6) is 11.5 Å². The summed E-state index contributed by atoms with van der Waals surface area (Å²) in [6, 6.07) is 12.6. The summed E-state index contributed by atoms with van der Waals surface area (Å²) >= 11 is 0. The van der Waals surface area contributed by atoms with E-state index in [0.717, 1.165) is 0 Å². The Bertz CT molecular complexity index is 1170. The van der Waals surface area contributed by atoms with Crippen LogP contribution in [0.3, 0.4) is 0 Å². The lowest BCUT2D eigenvalue weighted by Crippen LogP contribution is -2.60. The quantitative estimate of drug-likeness (QED) is 0.108. The Labute approximate surface area is 240 Å². The van der Waals surface area contributed by atoms with Crippen LogP contribution in [0.4, 0.5) is 0 Å². The molecule has 14 heteroatoms. The van der Waals surface area contributed by atoms with Crippen LogP contribution >= 0.6 is 0 Å². The third-order valence-corrected chi connectivity index (χ3v) is 6.80. The molecule has 4 rings (SSSR count). The maximum Gasteiger partial charge on any atom is 0.331 e. The van der Waals surface area contributed by atoms with Gasteiger partial charge in [-0.3, -0.25) is 0 Å². The summed E-state index contributed by atoms with van der Waals surface area (Å²) in [6.45, 7) is -1.19. The number of esters is 1. The van der Waals surface area contributed by atoms with Gasteiger partial charge in [0.05, 0.1) is 13.2 Å². The molecule has 42 heavy (non-hydrogen) atoms. The lowest BCUT2D eigenvalue weighted by atomic mass is 9.99. The number of carbonyl (C=O) groups excluding carboxylic acids is 1. The second kappa shape index (κ2) is 14.3. The predicted octanol–water partition coefficient (Wildman–Crippen LogP) is -2.20. The van der Waals surface area contributed by atoms with Crippen molar-refractivity contribution in [3.05, 3.63) is 65.7 Å². The molecular weight excluding hydrogens is 560 g/mol. The topological polar surface area (TPSA) is 225 Å². The molecule has 230 valence electrons. The smallest absolute Gasteiger partial charge is 0.331 e. The van der Waals surface area contributed by atoms with Crippen LogP contribution in [0.1, 0.15) is 11.1 Å². The molecule has 8 N–H and O–H groups in total. The van der Waals surface area contributed by atoms with E-state index in [9.17, 15) is 45.6 Å². The maximum atomic E-state index is 12.2. The highest BCUT2D eigenvalue weighted by atomic mass is 16.7. The summed E-state index contributed by atoms with van der Waals surface area (Å²) in [5.74, 6) is -0.0652. The molecule has 2 aromatic rings. The number of hydrogen-bond acceptors (Lipinski definition) is 14. The van der Waals surface area contributed by atoms with E-state index in [-0.39, 0.29) is 18.1 Å². The molecule has 10 atom stereocenters. The van der Waals surface area contributed by atoms with Crippen LogP contribution in [0.25, 0.3) is 6.08 Å². The highest BCUT2D eigenvalue weighted by Gasteiger charge is 2.45. The molecule has 2 aromatic carbocycles. The van der Waals surface area contributed by atoms with Gasteiger partial charge in [-0.05, 0) is 41.5 Å². The Morgan fingerprint density at radius 1 is 0.667 bits per heavy atom. The molecule has 0 bridgehead atoms. The fourth-order valence-corrected chi connectivity index (χ4v) is 4.29. The Morgan fingerprint density at radius 3 is 1.57 bits per heavy atom. The number of aliphatic hydroxyl groups is 8. The van der Waals surface area contributed by atoms with Crippen LogP contribution in [0.15, 0.2) is 54.6 Å². The molecule has 0 amide bonds. The van der Waals surface area contributed by atoms with Gasteiger partial charge in [0.1, 0.15) is 66.9 Å². The van der Waals surface area contributed by atoms with Crippen LogP contribution in [-0.2, 0) is 25.6 Å². The monoisotopic (exact) mass is 594 g/mol. The van der Waals surface area contributed by atoms with Crippen molar-refractivity contribution < 1.29 is 69.3 Å². The molecule has 0 radical (unpaired) electrons. The highest BCUT2D eigenvalue weighted by molar-refractivity contribution is 5.87. The van der Waals surface area contributed by atoms with Gasteiger partial charge in [-0.2, -0.15) is 0 Å². The fraction of sp³-hybridized carbons (Fsp3) is 0.464. The number of benzene rings is 2. The van der Waals surface area contributed by atoms with E-state index >= 15 is 0 Å². The van der Waals surface area contributed by atoms with Crippen LogP contribution in [0, 0.1) is 0 Å². The van der Waals surface area contributed by atoms with E-state index < -0.39 is 80.6 Å². The first-order valence-corrected chi connectivity index (χ1v) is 13.1. The summed E-state index contributed by atoms with van der Waals surface area (Å²) < 4.78 is 26.9.